The van der Waals surface area contributed by atoms with Gasteiger partial charge in [0.25, 0.3) is 0 Å². The fraction of sp³-hybridized carbons (Fsp3) is 0.389. The van der Waals surface area contributed by atoms with Crippen molar-refractivity contribution < 1.29 is 9.84 Å². The maximum Gasteiger partial charge on any atom is 0.219 e. The second kappa shape index (κ2) is 7.79. The predicted octanol–water partition coefficient (Wildman–Crippen LogP) is 4.27. The summed E-state index contributed by atoms with van der Waals surface area (Å²) in [7, 11) is 0. The van der Waals surface area contributed by atoms with Gasteiger partial charge >= 0.3 is 0 Å². The van der Waals surface area contributed by atoms with Crippen LogP contribution in [0.1, 0.15) is 43.5 Å². The highest BCUT2D eigenvalue weighted by molar-refractivity contribution is 5.32. The first-order valence-corrected chi connectivity index (χ1v) is 7.62. The standard InChI is InChI=1S/C18H23NO2/c1-3-5-14-7-9-17(10-8-14)21-18-12-15(13-20)11-16(19-18)6-4-2/h7-12,20H,3-6,13H2,1-2H3. The molecule has 0 fully saturated rings. The summed E-state index contributed by atoms with van der Waals surface area (Å²) < 4.78 is 5.82. The zero-order valence-corrected chi connectivity index (χ0v) is 12.8. The van der Waals surface area contributed by atoms with Crippen molar-refractivity contribution in [1.29, 1.82) is 0 Å². The smallest absolute Gasteiger partial charge is 0.219 e. The fourth-order valence-corrected chi connectivity index (χ4v) is 2.28. The lowest BCUT2D eigenvalue weighted by atomic mass is 10.1. The molecule has 3 nitrogen and oxygen atoms in total. The van der Waals surface area contributed by atoms with Crippen molar-refractivity contribution in [3.05, 3.63) is 53.2 Å². The Balaban J connectivity index is 2.15. The van der Waals surface area contributed by atoms with E-state index < -0.39 is 0 Å². The zero-order valence-electron chi connectivity index (χ0n) is 12.8. The number of aromatic nitrogens is 1. The Morgan fingerprint density at radius 3 is 2.29 bits per heavy atom. The highest BCUT2D eigenvalue weighted by atomic mass is 16.5. The molecule has 0 aliphatic carbocycles. The van der Waals surface area contributed by atoms with E-state index in [4.69, 9.17) is 4.74 Å². The number of aliphatic hydroxyl groups excluding tert-OH is 1. The average molecular weight is 285 g/mol. The third kappa shape index (κ3) is 4.57. The summed E-state index contributed by atoms with van der Waals surface area (Å²) in [5.74, 6) is 1.33. The first-order valence-electron chi connectivity index (χ1n) is 7.62. The number of ether oxygens (including phenoxy) is 1. The minimum Gasteiger partial charge on any atom is -0.439 e. The van der Waals surface area contributed by atoms with E-state index in [1.165, 1.54) is 5.56 Å². The van der Waals surface area contributed by atoms with Gasteiger partial charge in [-0.3, -0.25) is 0 Å². The molecule has 1 heterocycles. The number of benzene rings is 1. The fourth-order valence-electron chi connectivity index (χ4n) is 2.28. The Hall–Kier alpha value is -1.87. The van der Waals surface area contributed by atoms with E-state index in [0.717, 1.165) is 42.7 Å². The molecule has 0 spiro atoms. The molecule has 0 radical (unpaired) electrons. The molecule has 0 aliphatic rings. The van der Waals surface area contributed by atoms with Crippen LogP contribution in [0.2, 0.25) is 0 Å². The summed E-state index contributed by atoms with van der Waals surface area (Å²) in [6.07, 6.45) is 4.13. The molecule has 1 N–H and O–H groups in total. The minimum absolute atomic E-state index is 0.00499. The molecule has 1 aromatic carbocycles. The highest BCUT2D eigenvalue weighted by Gasteiger charge is 2.05. The van der Waals surface area contributed by atoms with Crippen molar-refractivity contribution in [3.63, 3.8) is 0 Å². The van der Waals surface area contributed by atoms with E-state index in [0.29, 0.717) is 5.88 Å². The second-order valence-corrected chi connectivity index (χ2v) is 5.21. The van der Waals surface area contributed by atoms with Crippen LogP contribution in [0, 0.1) is 0 Å². The Bertz CT molecular complexity index is 564. The van der Waals surface area contributed by atoms with Gasteiger partial charge in [0.05, 0.1) is 6.61 Å². The minimum atomic E-state index is 0.00499. The zero-order chi connectivity index (χ0) is 15.1. The third-order valence-electron chi connectivity index (χ3n) is 3.29. The second-order valence-electron chi connectivity index (χ2n) is 5.21. The molecule has 0 atom stereocenters. The van der Waals surface area contributed by atoms with Crippen molar-refractivity contribution in [1.82, 2.24) is 4.98 Å². The van der Waals surface area contributed by atoms with Crippen LogP contribution in [0.3, 0.4) is 0 Å². The topological polar surface area (TPSA) is 42.4 Å². The van der Waals surface area contributed by atoms with Gasteiger partial charge in [-0.15, -0.1) is 0 Å². The molecule has 0 amide bonds. The predicted molar refractivity (Wildman–Crippen MR) is 84.7 cm³/mol. The Morgan fingerprint density at radius 1 is 0.952 bits per heavy atom. The summed E-state index contributed by atoms with van der Waals surface area (Å²) in [5, 5.41) is 9.33. The van der Waals surface area contributed by atoms with Crippen LogP contribution in [0.25, 0.3) is 0 Å². The number of aryl methyl sites for hydroxylation is 2. The van der Waals surface area contributed by atoms with E-state index in [1.807, 2.05) is 18.2 Å². The lowest BCUT2D eigenvalue weighted by molar-refractivity contribution is 0.280. The molecule has 2 rings (SSSR count). The van der Waals surface area contributed by atoms with Crippen molar-refractivity contribution in [2.24, 2.45) is 0 Å². The van der Waals surface area contributed by atoms with Gasteiger partial charge in [0, 0.05) is 11.8 Å². The summed E-state index contributed by atoms with van der Waals surface area (Å²) in [6.45, 7) is 4.29. The SMILES string of the molecule is CCCc1ccc(Oc2cc(CO)cc(CCC)n2)cc1. The molecular formula is C18H23NO2. The number of nitrogens with zero attached hydrogens (tertiary/aromatic N) is 1. The Morgan fingerprint density at radius 2 is 1.67 bits per heavy atom. The van der Waals surface area contributed by atoms with Gasteiger partial charge in [-0.1, -0.05) is 38.8 Å². The van der Waals surface area contributed by atoms with E-state index in [-0.39, 0.29) is 6.61 Å². The third-order valence-corrected chi connectivity index (χ3v) is 3.29. The summed E-state index contributed by atoms with van der Waals surface area (Å²) >= 11 is 0. The quantitative estimate of drug-likeness (QED) is 0.826. The van der Waals surface area contributed by atoms with Gasteiger partial charge < -0.3 is 9.84 Å². The number of pyridine rings is 1. The lowest BCUT2D eigenvalue weighted by Crippen LogP contribution is -1.97. The molecule has 0 unspecified atom stereocenters. The summed E-state index contributed by atoms with van der Waals surface area (Å²) in [6, 6.07) is 11.8. The normalized spacial score (nSPS) is 10.6. The molecular weight excluding hydrogens is 262 g/mol. The first kappa shape index (κ1) is 15.5. The number of aliphatic hydroxyl groups is 1. The molecule has 112 valence electrons. The van der Waals surface area contributed by atoms with Crippen LogP contribution < -0.4 is 4.74 Å². The molecule has 2 aromatic rings. The molecule has 0 bridgehead atoms. The van der Waals surface area contributed by atoms with Gasteiger partial charge in [-0.05, 0) is 42.2 Å². The molecule has 0 saturated carbocycles. The summed E-state index contributed by atoms with van der Waals surface area (Å²) in [5.41, 5.74) is 3.11. The van der Waals surface area contributed by atoms with Crippen molar-refractivity contribution in [2.45, 2.75) is 46.1 Å². The van der Waals surface area contributed by atoms with E-state index in [2.05, 4.69) is 31.0 Å². The van der Waals surface area contributed by atoms with Gasteiger partial charge in [0.15, 0.2) is 0 Å². The van der Waals surface area contributed by atoms with Crippen molar-refractivity contribution >= 4 is 0 Å². The van der Waals surface area contributed by atoms with Crippen LogP contribution in [-0.2, 0) is 19.4 Å². The first-order chi connectivity index (χ1) is 10.2. The largest absolute Gasteiger partial charge is 0.439 e. The number of hydrogen-bond acceptors (Lipinski definition) is 3. The molecule has 0 saturated heterocycles. The molecule has 21 heavy (non-hydrogen) atoms. The summed E-state index contributed by atoms with van der Waals surface area (Å²) in [4.78, 5) is 4.49. The maximum atomic E-state index is 9.33. The van der Waals surface area contributed by atoms with Gasteiger partial charge in [-0.25, -0.2) is 4.98 Å². The highest BCUT2D eigenvalue weighted by Crippen LogP contribution is 2.22. The van der Waals surface area contributed by atoms with Gasteiger partial charge in [-0.2, -0.15) is 0 Å². The van der Waals surface area contributed by atoms with E-state index in [1.54, 1.807) is 6.07 Å². The van der Waals surface area contributed by atoms with Crippen LogP contribution in [0.5, 0.6) is 11.6 Å². The molecule has 1 aromatic heterocycles. The van der Waals surface area contributed by atoms with Gasteiger partial charge in [0.1, 0.15) is 5.75 Å². The van der Waals surface area contributed by atoms with Crippen molar-refractivity contribution in [2.75, 3.05) is 0 Å². The average Bonchev–Trinajstić information content (AvgIpc) is 2.49. The van der Waals surface area contributed by atoms with Crippen LogP contribution in [-0.4, -0.2) is 10.1 Å². The number of rotatable bonds is 7. The lowest BCUT2D eigenvalue weighted by Gasteiger charge is -2.09. The van der Waals surface area contributed by atoms with E-state index >= 15 is 0 Å². The molecule has 3 heteroatoms. The van der Waals surface area contributed by atoms with Gasteiger partial charge in [0.2, 0.25) is 5.88 Å². The number of hydrogen-bond donors (Lipinski definition) is 1. The van der Waals surface area contributed by atoms with Crippen LogP contribution in [0.15, 0.2) is 36.4 Å². The maximum absolute atomic E-state index is 9.33. The van der Waals surface area contributed by atoms with Crippen LogP contribution >= 0.6 is 0 Å². The van der Waals surface area contributed by atoms with Crippen molar-refractivity contribution in [3.8, 4) is 11.6 Å². The monoisotopic (exact) mass is 285 g/mol. The molecule has 0 aliphatic heterocycles. The Kier molecular flexibility index (Phi) is 5.76. The van der Waals surface area contributed by atoms with E-state index in [9.17, 15) is 5.11 Å². The van der Waals surface area contributed by atoms with Crippen LogP contribution in [0.4, 0.5) is 0 Å². The Labute approximate surface area is 126 Å².